The number of benzene rings is 1. The van der Waals surface area contributed by atoms with Crippen molar-refractivity contribution in [1.29, 1.82) is 0 Å². The molecule has 2 heteroatoms. The van der Waals surface area contributed by atoms with Crippen LogP contribution >= 0.6 is 0 Å². The molecule has 2 atom stereocenters. The first-order chi connectivity index (χ1) is 9.22. The molecule has 0 aliphatic carbocycles. The van der Waals surface area contributed by atoms with Crippen molar-refractivity contribution >= 4 is 0 Å². The quantitative estimate of drug-likeness (QED) is 0.705. The fourth-order valence-electron chi connectivity index (χ4n) is 2.42. The largest absolute Gasteiger partial charge is 0.496 e. The summed E-state index contributed by atoms with van der Waals surface area (Å²) in [6, 6.07) is 8.60. The van der Waals surface area contributed by atoms with Crippen molar-refractivity contribution in [2.24, 2.45) is 5.92 Å². The highest BCUT2D eigenvalue weighted by atomic mass is 16.5. The Morgan fingerprint density at radius 2 is 1.95 bits per heavy atom. The molecule has 0 amide bonds. The predicted molar refractivity (Wildman–Crippen MR) is 82.7 cm³/mol. The van der Waals surface area contributed by atoms with Crippen molar-refractivity contribution < 1.29 is 4.74 Å². The van der Waals surface area contributed by atoms with Crippen LogP contribution in [0.3, 0.4) is 0 Å². The molecule has 108 valence electrons. The van der Waals surface area contributed by atoms with Crippen molar-refractivity contribution in [1.82, 2.24) is 5.32 Å². The first-order valence-corrected chi connectivity index (χ1v) is 7.59. The Bertz CT molecular complexity index is 351. The summed E-state index contributed by atoms with van der Waals surface area (Å²) in [5.74, 6) is 1.77. The molecule has 19 heavy (non-hydrogen) atoms. The Hall–Kier alpha value is -1.02. The van der Waals surface area contributed by atoms with E-state index in [1.807, 2.05) is 12.1 Å². The lowest BCUT2D eigenvalue weighted by Gasteiger charge is -2.21. The van der Waals surface area contributed by atoms with E-state index in [2.05, 4.69) is 38.2 Å². The zero-order valence-corrected chi connectivity index (χ0v) is 12.9. The number of hydrogen-bond donors (Lipinski definition) is 1. The maximum Gasteiger partial charge on any atom is 0.123 e. The molecule has 1 rings (SSSR count). The first kappa shape index (κ1) is 16.0. The third-order valence-electron chi connectivity index (χ3n) is 3.86. The second-order valence-corrected chi connectivity index (χ2v) is 5.29. The normalized spacial score (nSPS) is 14.1. The minimum atomic E-state index is 0.340. The summed E-state index contributed by atoms with van der Waals surface area (Å²) in [6.07, 6.45) is 5.21. The Kier molecular flexibility index (Phi) is 7.57. The highest BCUT2D eigenvalue weighted by molar-refractivity contribution is 5.35. The molecule has 0 bridgehead atoms. The van der Waals surface area contributed by atoms with E-state index in [0.717, 1.165) is 18.2 Å². The van der Waals surface area contributed by atoms with Gasteiger partial charge in [-0.2, -0.15) is 0 Å². The molecule has 0 aromatic heterocycles. The average Bonchev–Trinajstić information content (AvgIpc) is 2.47. The van der Waals surface area contributed by atoms with E-state index in [1.54, 1.807) is 7.11 Å². The van der Waals surface area contributed by atoms with Crippen LogP contribution in [-0.2, 0) is 0 Å². The molecule has 0 saturated heterocycles. The molecule has 1 unspecified atom stereocenters. The van der Waals surface area contributed by atoms with Crippen LogP contribution in [0.4, 0.5) is 0 Å². The summed E-state index contributed by atoms with van der Waals surface area (Å²) in [4.78, 5) is 0. The Labute approximate surface area is 118 Å². The molecule has 2 nitrogen and oxygen atoms in total. The van der Waals surface area contributed by atoms with Crippen molar-refractivity contribution in [2.75, 3.05) is 13.7 Å². The maximum atomic E-state index is 5.42. The van der Waals surface area contributed by atoms with Crippen LogP contribution in [0.25, 0.3) is 0 Å². The van der Waals surface area contributed by atoms with E-state index in [1.165, 1.54) is 31.2 Å². The second kappa shape index (κ2) is 8.98. The van der Waals surface area contributed by atoms with Gasteiger partial charge in [0, 0.05) is 11.6 Å². The minimum Gasteiger partial charge on any atom is -0.496 e. The van der Waals surface area contributed by atoms with Crippen LogP contribution in [0.2, 0.25) is 0 Å². The SMILES string of the molecule is CCCCC(CC)CN[C@H](C)c1ccccc1OC. The zero-order valence-electron chi connectivity index (χ0n) is 12.9. The van der Waals surface area contributed by atoms with Gasteiger partial charge in [0.25, 0.3) is 0 Å². The molecule has 1 aromatic rings. The van der Waals surface area contributed by atoms with Crippen LogP contribution in [0.1, 0.15) is 58.1 Å². The maximum absolute atomic E-state index is 5.42. The monoisotopic (exact) mass is 263 g/mol. The Balaban J connectivity index is 2.51. The average molecular weight is 263 g/mol. The van der Waals surface area contributed by atoms with Crippen molar-refractivity contribution in [3.63, 3.8) is 0 Å². The molecule has 0 heterocycles. The molecule has 1 aromatic carbocycles. The van der Waals surface area contributed by atoms with E-state index < -0.39 is 0 Å². The summed E-state index contributed by atoms with van der Waals surface area (Å²) in [7, 11) is 1.74. The standard InChI is InChI=1S/C17H29NO/c1-5-7-10-15(6-2)13-18-14(3)16-11-8-9-12-17(16)19-4/h8-9,11-12,14-15,18H,5-7,10,13H2,1-4H3/t14-,15?/m1/s1. The fraction of sp³-hybridized carbons (Fsp3) is 0.647. The molecule has 0 aliphatic heterocycles. The highest BCUT2D eigenvalue weighted by Crippen LogP contribution is 2.24. The molecule has 1 N–H and O–H groups in total. The lowest BCUT2D eigenvalue weighted by molar-refractivity contribution is 0.380. The molecule has 0 spiro atoms. The number of rotatable bonds is 9. The predicted octanol–water partition coefficient (Wildman–Crippen LogP) is 4.56. The Morgan fingerprint density at radius 3 is 2.58 bits per heavy atom. The number of unbranched alkanes of at least 4 members (excludes halogenated alkanes) is 1. The van der Waals surface area contributed by atoms with Gasteiger partial charge in [0.1, 0.15) is 5.75 Å². The van der Waals surface area contributed by atoms with Gasteiger partial charge in [0.05, 0.1) is 7.11 Å². The molecule has 0 saturated carbocycles. The number of ether oxygens (including phenoxy) is 1. The van der Waals surface area contributed by atoms with Gasteiger partial charge in [0.2, 0.25) is 0 Å². The molecular formula is C17H29NO. The van der Waals surface area contributed by atoms with E-state index in [9.17, 15) is 0 Å². The molecule has 0 aliphatic rings. The lowest BCUT2D eigenvalue weighted by atomic mass is 9.98. The first-order valence-electron chi connectivity index (χ1n) is 7.59. The van der Waals surface area contributed by atoms with Crippen LogP contribution < -0.4 is 10.1 Å². The number of methoxy groups -OCH3 is 1. The van der Waals surface area contributed by atoms with Gasteiger partial charge >= 0.3 is 0 Å². The van der Waals surface area contributed by atoms with Gasteiger partial charge in [-0.1, -0.05) is 51.3 Å². The van der Waals surface area contributed by atoms with E-state index in [-0.39, 0.29) is 0 Å². The van der Waals surface area contributed by atoms with Crippen molar-refractivity contribution in [2.45, 2.75) is 52.5 Å². The van der Waals surface area contributed by atoms with Gasteiger partial charge in [-0.3, -0.25) is 0 Å². The van der Waals surface area contributed by atoms with E-state index in [4.69, 9.17) is 4.74 Å². The van der Waals surface area contributed by atoms with Crippen LogP contribution in [-0.4, -0.2) is 13.7 Å². The summed E-state index contributed by atoms with van der Waals surface area (Å²) >= 11 is 0. The van der Waals surface area contributed by atoms with E-state index in [0.29, 0.717) is 6.04 Å². The van der Waals surface area contributed by atoms with Gasteiger partial charge < -0.3 is 10.1 Å². The van der Waals surface area contributed by atoms with Gasteiger partial charge in [0.15, 0.2) is 0 Å². The number of nitrogens with one attached hydrogen (secondary N) is 1. The third kappa shape index (κ3) is 5.23. The molecular weight excluding hydrogens is 234 g/mol. The smallest absolute Gasteiger partial charge is 0.123 e. The summed E-state index contributed by atoms with van der Waals surface area (Å²) in [5.41, 5.74) is 1.25. The number of para-hydroxylation sites is 1. The minimum absolute atomic E-state index is 0.340. The fourth-order valence-corrected chi connectivity index (χ4v) is 2.42. The summed E-state index contributed by atoms with van der Waals surface area (Å²) < 4.78 is 5.42. The third-order valence-corrected chi connectivity index (χ3v) is 3.86. The Morgan fingerprint density at radius 1 is 1.21 bits per heavy atom. The van der Waals surface area contributed by atoms with Gasteiger partial charge in [-0.05, 0) is 31.9 Å². The lowest BCUT2D eigenvalue weighted by Crippen LogP contribution is -2.25. The number of hydrogen-bond acceptors (Lipinski definition) is 2. The molecule has 0 fully saturated rings. The zero-order chi connectivity index (χ0) is 14.1. The molecule has 0 radical (unpaired) electrons. The van der Waals surface area contributed by atoms with E-state index >= 15 is 0 Å². The van der Waals surface area contributed by atoms with Crippen molar-refractivity contribution in [3.05, 3.63) is 29.8 Å². The highest BCUT2D eigenvalue weighted by Gasteiger charge is 2.12. The van der Waals surface area contributed by atoms with Gasteiger partial charge in [-0.15, -0.1) is 0 Å². The summed E-state index contributed by atoms with van der Waals surface area (Å²) in [6.45, 7) is 7.85. The van der Waals surface area contributed by atoms with Crippen LogP contribution in [0, 0.1) is 5.92 Å². The van der Waals surface area contributed by atoms with Crippen molar-refractivity contribution in [3.8, 4) is 5.75 Å². The van der Waals surface area contributed by atoms with Crippen LogP contribution in [0.5, 0.6) is 5.75 Å². The van der Waals surface area contributed by atoms with Gasteiger partial charge in [-0.25, -0.2) is 0 Å². The summed E-state index contributed by atoms with van der Waals surface area (Å²) in [5, 5.41) is 3.65. The second-order valence-electron chi connectivity index (χ2n) is 5.29. The topological polar surface area (TPSA) is 21.3 Å². The van der Waals surface area contributed by atoms with Crippen LogP contribution in [0.15, 0.2) is 24.3 Å².